The van der Waals surface area contributed by atoms with Gasteiger partial charge in [0, 0.05) is 25.9 Å². The van der Waals surface area contributed by atoms with Crippen molar-refractivity contribution in [2.75, 3.05) is 25.9 Å². The van der Waals surface area contributed by atoms with Gasteiger partial charge in [-0.15, -0.1) is 0 Å². The van der Waals surface area contributed by atoms with Gasteiger partial charge in [0.25, 0.3) is 0 Å². The molecule has 2 N–H and O–H groups in total. The number of hydrogen-bond donors (Lipinski definition) is 1. The first-order valence-corrected chi connectivity index (χ1v) is 7.98. The smallest absolute Gasteiger partial charge is 0.245 e. The monoisotopic (exact) mass is 302 g/mol. The van der Waals surface area contributed by atoms with Crippen LogP contribution in [0.5, 0.6) is 0 Å². The van der Waals surface area contributed by atoms with Crippen LogP contribution in [0.25, 0.3) is 0 Å². The van der Waals surface area contributed by atoms with Crippen molar-refractivity contribution in [3.8, 4) is 0 Å². The van der Waals surface area contributed by atoms with Crippen molar-refractivity contribution in [1.29, 1.82) is 0 Å². The number of halogens is 1. The van der Waals surface area contributed by atoms with Gasteiger partial charge in [-0.25, -0.2) is 12.8 Å². The number of nitrogens with two attached hydrogens (primary N) is 1. The molecule has 0 aromatic heterocycles. The Morgan fingerprint density at radius 3 is 2.80 bits per heavy atom. The zero-order valence-corrected chi connectivity index (χ0v) is 12.2. The van der Waals surface area contributed by atoms with Gasteiger partial charge in [0.1, 0.15) is 10.7 Å². The average Bonchev–Trinajstić information content (AvgIpc) is 2.39. The van der Waals surface area contributed by atoms with Crippen molar-refractivity contribution < 1.29 is 17.5 Å². The van der Waals surface area contributed by atoms with Gasteiger partial charge < -0.3 is 10.5 Å². The number of likely N-dealkylation sites (N-methyl/N-ethyl adjacent to an activating group) is 1. The van der Waals surface area contributed by atoms with Crippen LogP contribution in [0.1, 0.15) is 19.3 Å². The molecule has 112 valence electrons. The quantitative estimate of drug-likeness (QED) is 0.857. The van der Waals surface area contributed by atoms with Crippen LogP contribution in [0.3, 0.4) is 0 Å². The Morgan fingerprint density at radius 2 is 2.20 bits per heavy atom. The molecule has 1 aliphatic heterocycles. The first kappa shape index (κ1) is 15.2. The maximum Gasteiger partial charge on any atom is 0.245 e. The van der Waals surface area contributed by atoms with Crippen LogP contribution in [0.2, 0.25) is 0 Å². The lowest BCUT2D eigenvalue weighted by Gasteiger charge is -2.27. The van der Waals surface area contributed by atoms with E-state index in [1.165, 1.54) is 19.2 Å². The summed E-state index contributed by atoms with van der Waals surface area (Å²) < 4.78 is 45.1. The average molecular weight is 302 g/mol. The van der Waals surface area contributed by atoms with Crippen LogP contribution in [0.15, 0.2) is 23.1 Å². The molecule has 0 bridgehead atoms. The lowest BCUT2D eigenvalue weighted by molar-refractivity contribution is 0.00856. The normalized spacial score (nSPS) is 20.2. The lowest BCUT2D eigenvalue weighted by atomic mass is 10.1. The molecule has 2 rings (SSSR count). The first-order valence-electron chi connectivity index (χ1n) is 6.54. The molecule has 20 heavy (non-hydrogen) atoms. The highest BCUT2D eigenvalue weighted by Crippen LogP contribution is 2.22. The number of ether oxygens (including phenoxy) is 1. The summed E-state index contributed by atoms with van der Waals surface area (Å²) in [6, 6.07) is 3.58. The summed E-state index contributed by atoms with van der Waals surface area (Å²) in [4.78, 5) is -0.356. The van der Waals surface area contributed by atoms with Crippen LogP contribution in [0, 0.1) is 5.82 Å². The van der Waals surface area contributed by atoms with Crippen LogP contribution in [0.4, 0.5) is 10.1 Å². The molecule has 1 saturated heterocycles. The number of sulfonamides is 1. The van der Waals surface area contributed by atoms with Crippen LogP contribution in [-0.4, -0.2) is 39.0 Å². The fraction of sp³-hybridized carbons (Fsp3) is 0.538. The second-order valence-corrected chi connectivity index (χ2v) is 6.98. The largest absolute Gasteiger partial charge is 0.399 e. The zero-order chi connectivity index (χ0) is 14.8. The van der Waals surface area contributed by atoms with Gasteiger partial charge in [-0.1, -0.05) is 0 Å². The molecule has 1 unspecified atom stereocenters. The summed E-state index contributed by atoms with van der Waals surface area (Å²) in [6.45, 7) is 0.876. The minimum absolute atomic E-state index is 0.125. The Kier molecular flexibility index (Phi) is 4.62. The number of nitrogen functional groups attached to an aromatic ring is 1. The summed E-state index contributed by atoms with van der Waals surface area (Å²) in [5.74, 6) is -0.832. The highest BCUT2D eigenvalue weighted by atomic mass is 32.2. The first-order chi connectivity index (χ1) is 9.41. The lowest BCUT2D eigenvalue weighted by Crippen LogP contribution is -2.37. The molecule has 0 aliphatic carbocycles. The van der Waals surface area contributed by atoms with Crippen LogP contribution < -0.4 is 5.73 Å². The van der Waals surface area contributed by atoms with Crippen LogP contribution >= 0.6 is 0 Å². The molecule has 1 atom stereocenters. The Hall–Kier alpha value is -1.18. The second-order valence-electron chi connectivity index (χ2n) is 4.96. The fourth-order valence-corrected chi connectivity index (χ4v) is 3.47. The van der Waals surface area contributed by atoms with Gasteiger partial charge in [0.2, 0.25) is 10.0 Å². The third-order valence-electron chi connectivity index (χ3n) is 3.38. The molecule has 5 nitrogen and oxygen atoms in total. The van der Waals surface area contributed by atoms with Gasteiger partial charge in [-0.05, 0) is 37.5 Å². The Bertz CT molecular complexity index is 571. The summed E-state index contributed by atoms with van der Waals surface area (Å²) in [5.41, 5.74) is 5.62. The predicted molar refractivity (Wildman–Crippen MR) is 74.2 cm³/mol. The van der Waals surface area contributed by atoms with Crippen molar-refractivity contribution in [3.63, 3.8) is 0 Å². The van der Waals surface area contributed by atoms with Gasteiger partial charge in [0.15, 0.2) is 0 Å². The van der Waals surface area contributed by atoms with Gasteiger partial charge in [-0.3, -0.25) is 0 Å². The van der Waals surface area contributed by atoms with E-state index in [0.29, 0.717) is 6.61 Å². The summed E-state index contributed by atoms with van der Waals surface area (Å²) >= 11 is 0. The maximum absolute atomic E-state index is 13.8. The summed E-state index contributed by atoms with van der Waals surface area (Å²) in [6.07, 6.45) is 2.72. The Morgan fingerprint density at radius 1 is 1.45 bits per heavy atom. The van der Waals surface area contributed by atoms with Gasteiger partial charge in [0.05, 0.1) is 6.10 Å². The molecule has 1 aliphatic rings. The topological polar surface area (TPSA) is 72.6 Å². The molecular weight excluding hydrogens is 283 g/mol. The standard InChI is InChI=1S/C13H19FN2O3S/c1-16(9-11-4-2-3-7-19-11)20(17,18)13-6-5-10(15)8-12(13)14/h5-6,8,11H,2-4,7,9,15H2,1H3. The van der Waals surface area contributed by atoms with E-state index in [-0.39, 0.29) is 23.2 Å². The van der Waals surface area contributed by atoms with Gasteiger partial charge in [-0.2, -0.15) is 4.31 Å². The van der Waals surface area contributed by atoms with E-state index < -0.39 is 15.8 Å². The second kappa shape index (κ2) is 6.07. The van der Waals surface area contributed by atoms with Crippen molar-refractivity contribution in [2.45, 2.75) is 30.3 Å². The van der Waals surface area contributed by atoms with E-state index in [2.05, 4.69) is 0 Å². The molecule has 1 fully saturated rings. The molecular formula is C13H19FN2O3S. The Balaban J connectivity index is 2.16. The number of rotatable bonds is 4. The molecule has 0 saturated carbocycles. The molecule has 1 aromatic rings. The van der Waals surface area contributed by atoms with Crippen LogP contribution in [-0.2, 0) is 14.8 Å². The number of hydrogen-bond acceptors (Lipinski definition) is 4. The van der Waals surface area contributed by atoms with Crippen molar-refractivity contribution in [3.05, 3.63) is 24.0 Å². The van der Waals surface area contributed by atoms with Crippen molar-refractivity contribution >= 4 is 15.7 Å². The van der Waals surface area contributed by atoms with Crippen molar-refractivity contribution in [1.82, 2.24) is 4.31 Å². The minimum Gasteiger partial charge on any atom is -0.399 e. The third-order valence-corrected chi connectivity index (χ3v) is 5.24. The highest BCUT2D eigenvalue weighted by Gasteiger charge is 2.27. The SMILES string of the molecule is CN(CC1CCCCO1)S(=O)(=O)c1ccc(N)cc1F. The predicted octanol–water partition coefficient (Wildman–Crippen LogP) is 1.60. The highest BCUT2D eigenvalue weighted by molar-refractivity contribution is 7.89. The van der Waals surface area contributed by atoms with E-state index in [1.54, 1.807) is 0 Å². The van der Waals surface area contributed by atoms with Gasteiger partial charge >= 0.3 is 0 Å². The van der Waals surface area contributed by atoms with E-state index in [4.69, 9.17) is 10.5 Å². The third kappa shape index (κ3) is 3.28. The number of nitrogens with zero attached hydrogens (tertiary/aromatic N) is 1. The molecule has 7 heteroatoms. The minimum atomic E-state index is -3.86. The van der Waals surface area contributed by atoms with E-state index in [0.717, 1.165) is 29.6 Å². The fourth-order valence-electron chi connectivity index (χ4n) is 2.23. The summed E-state index contributed by atoms with van der Waals surface area (Å²) in [5, 5.41) is 0. The molecule has 0 radical (unpaired) electrons. The molecule has 1 aromatic carbocycles. The molecule has 0 amide bonds. The zero-order valence-electron chi connectivity index (χ0n) is 11.4. The van der Waals surface area contributed by atoms with E-state index >= 15 is 0 Å². The van der Waals surface area contributed by atoms with E-state index in [9.17, 15) is 12.8 Å². The molecule has 0 spiro atoms. The number of anilines is 1. The summed E-state index contributed by atoms with van der Waals surface area (Å²) in [7, 11) is -2.43. The number of benzene rings is 1. The Labute approximate surface area is 118 Å². The maximum atomic E-state index is 13.8. The molecule has 1 heterocycles. The van der Waals surface area contributed by atoms with Crippen molar-refractivity contribution in [2.24, 2.45) is 0 Å². The van der Waals surface area contributed by atoms with E-state index in [1.807, 2.05) is 0 Å².